The maximum atomic E-state index is 12.1. The molecule has 1 aromatic heterocycles. The molecular weight excluding hydrogens is 246 g/mol. The quantitative estimate of drug-likeness (QED) is 0.896. The summed E-state index contributed by atoms with van der Waals surface area (Å²) < 4.78 is 6.62. The van der Waals surface area contributed by atoms with E-state index in [4.69, 9.17) is 4.74 Å². The SMILES string of the molecule is COc1cc(C)cc2c(C)c(C(=O)O)c(=O)n(C)c12. The summed E-state index contributed by atoms with van der Waals surface area (Å²) in [6, 6.07) is 3.68. The van der Waals surface area contributed by atoms with Crippen LogP contribution in [0.2, 0.25) is 0 Å². The van der Waals surface area contributed by atoms with E-state index in [0.717, 1.165) is 10.9 Å². The molecule has 0 amide bonds. The Kier molecular flexibility index (Phi) is 3.06. The van der Waals surface area contributed by atoms with E-state index >= 15 is 0 Å². The van der Waals surface area contributed by atoms with Crippen LogP contribution in [0.5, 0.6) is 5.75 Å². The highest BCUT2D eigenvalue weighted by molar-refractivity contribution is 5.98. The van der Waals surface area contributed by atoms with Gasteiger partial charge in [-0.3, -0.25) is 4.79 Å². The van der Waals surface area contributed by atoms with Gasteiger partial charge in [0.2, 0.25) is 0 Å². The lowest BCUT2D eigenvalue weighted by molar-refractivity contribution is 0.0694. The van der Waals surface area contributed by atoms with E-state index in [1.165, 1.54) is 11.7 Å². The molecule has 1 heterocycles. The molecule has 1 N–H and O–H groups in total. The van der Waals surface area contributed by atoms with Gasteiger partial charge in [-0.2, -0.15) is 0 Å². The first-order valence-electron chi connectivity index (χ1n) is 5.79. The first-order chi connectivity index (χ1) is 8.88. The number of methoxy groups -OCH3 is 1. The zero-order valence-electron chi connectivity index (χ0n) is 11.3. The van der Waals surface area contributed by atoms with E-state index in [9.17, 15) is 14.7 Å². The summed E-state index contributed by atoms with van der Waals surface area (Å²) in [7, 11) is 3.08. The third-order valence-corrected chi connectivity index (χ3v) is 3.29. The fraction of sp³-hybridized carbons (Fsp3) is 0.286. The van der Waals surface area contributed by atoms with Gasteiger partial charge in [0.25, 0.3) is 5.56 Å². The minimum atomic E-state index is -1.21. The van der Waals surface area contributed by atoms with Crippen LogP contribution in [-0.2, 0) is 7.05 Å². The molecule has 0 atom stereocenters. The number of aromatic carboxylic acids is 1. The molecule has 19 heavy (non-hydrogen) atoms. The van der Waals surface area contributed by atoms with Crippen molar-refractivity contribution in [2.24, 2.45) is 7.05 Å². The zero-order valence-corrected chi connectivity index (χ0v) is 11.3. The summed E-state index contributed by atoms with van der Waals surface area (Å²) >= 11 is 0. The lowest BCUT2D eigenvalue weighted by Gasteiger charge is -2.14. The Balaban J connectivity index is 3.11. The molecule has 2 aromatic rings. The van der Waals surface area contributed by atoms with Gasteiger partial charge in [-0.25, -0.2) is 4.79 Å². The molecule has 0 saturated carbocycles. The fourth-order valence-electron chi connectivity index (χ4n) is 2.35. The van der Waals surface area contributed by atoms with Crippen LogP contribution in [0.1, 0.15) is 21.5 Å². The number of carboxylic acid groups (broad SMARTS) is 1. The number of fused-ring (bicyclic) bond motifs is 1. The van der Waals surface area contributed by atoms with Gasteiger partial charge in [0.1, 0.15) is 11.3 Å². The van der Waals surface area contributed by atoms with Crippen LogP contribution >= 0.6 is 0 Å². The summed E-state index contributed by atoms with van der Waals surface area (Å²) in [5.41, 5.74) is 1.30. The Morgan fingerprint density at radius 2 is 1.95 bits per heavy atom. The predicted octanol–water partition coefficient (Wildman–Crippen LogP) is 1.86. The van der Waals surface area contributed by atoms with Gasteiger partial charge in [0.05, 0.1) is 12.6 Å². The molecular formula is C14H15NO4. The average molecular weight is 261 g/mol. The maximum absolute atomic E-state index is 12.1. The van der Waals surface area contributed by atoms with Gasteiger partial charge in [0, 0.05) is 12.4 Å². The number of aromatic nitrogens is 1. The van der Waals surface area contributed by atoms with Gasteiger partial charge in [-0.1, -0.05) is 0 Å². The number of aryl methyl sites for hydroxylation is 3. The first kappa shape index (κ1) is 13.1. The second-order valence-corrected chi connectivity index (χ2v) is 4.53. The van der Waals surface area contributed by atoms with Crippen molar-refractivity contribution in [3.63, 3.8) is 0 Å². The fourth-order valence-corrected chi connectivity index (χ4v) is 2.35. The molecule has 0 aliphatic heterocycles. The molecule has 100 valence electrons. The second kappa shape index (κ2) is 4.42. The van der Waals surface area contributed by atoms with E-state index in [1.54, 1.807) is 14.0 Å². The standard InChI is InChI=1S/C14H15NO4/c1-7-5-9-8(2)11(14(17)18)13(16)15(3)12(9)10(6-7)19-4/h5-6H,1-4H3,(H,17,18). The largest absolute Gasteiger partial charge is 0.495 e. The monoisotopic (exact) mass is 261 g/mol. The number of rotatable bonds is 2. The molecule has 2 rings (SSSR count). The Morgan fingerprint density at radius 1 is 1.32 bits per heavy atom. The minimum Gasteiger partial charge on any atom is -0.495 e. The summed E-state index contributed by atoms with van der Waals surface area (Å²) in [6.45, 7) is 3.54. The van der Waals surface area contributed by atoms with E-state index in [-0.39, 0.29) is 5.56 Å². The Morgan fingerprint density at radius 3 is 2.47 bits per heavy atom. The van der Waals surface area contributed by atoms with Gasteiger partial charge < -0.3 is 14.4 Å². The van der Waals surface area contributed by atoms with Crippen LogP contribution in [0.4, 0.5) is 0 Å². The van der Waals surface area contributed by atoms with Gasteiger partial charge in [-0.15, -0.1) is 0 Å². The summed E-state index contributed by atoms with van der Waals surface area (Å²) in [4.78, 5) is 23.4. The zero-order chi connectivity index (χ0) is 14.3. The Labute approximate surface area is 110 Å². The summed E-state index contributed by atoms with van der Waals surface area (Å²) in [5, 5.41) is 9.90. The van der Waals surface area contributed by atoms with Gasteiger partial charge in [0.15, 0.2) is 0 Å². The molecule has 0 radical (unpaired) electrons. The number of hydrogen-bond donors (Lipinski definition) is 1. The summed E-state index contributed by atoms with van der Waals surface area (Å²) in [5.74, 6) is -0.643. The molecule has 0 fully saturated rings. The molecule has 1 aromatic carbocycles. The van der Waals surface area contributed by atoms with Crippen molar-refractivity contribution < 1.29 is 14.6 Å². The third kappa shape index (κ3) is 1.87. The Bertz CT molecular complexity index is 743. The Hall–Kier alpha value is -2.30. The number of nitrogens with zero attached hydrogens (tertiary/aromatic N) is 1. The molecule has 5 nitrogen and oxygen atoms in total. The van der Waals surface area contributed by atoms with Crippen molar-refractivity contribution >= 4 is 16.9 Å². The smallest absolute Gasteiger partial charge is 0.341 e. The normalized spacial score (nSPS) is 10.7. The van der Waals surface area contributed by atoms with E-state index < -0.39 is 11.5 Å². The lowest BCUT2D eigenvalue weighted by Crippen LogP contribution is -2.26. The van der Waals surface area contributed by atoms with Crippen LogP contribution in [0, 0.1) is 13.8 Å². The number of ether oxygens (including phenoxy) is 1. The van der Waals surface area contributed by atoms with Crippen LogP contribution in [0.25, 0.3) is 10.9 Å². The van der Waals surface area contributed by atoms with E-state index in [2.05, 4.69) is 0 Å². The molecule has 0 bridgehead atoms. The predicted molar refractivity (Wildman–Crippen MR) is 72.2 cm³/mol. The molecule has 0 aliphatic carbocycles. The van der Waals surface area contributed by atoms with E-state index in [0.29, 0.717) is 16.8 Å². The van der Waals surface area contributed by atoms with Gasteiger partial charge >= 0.3 is 5.97 Å². The van der Waals surface area contributed by atoms with Gasteiger partial charge in [-0.05, 0) is 37.1 Å². The van der Waals surface area contributed by atoms with Crippen LogP contribution < -0.4 is 10.3 Å². The van der Waals surface area contributed by atoms with Crippen molar-refractivity contribution in [3.8, 4) is 5.75 Å². The average Bonchev–Trinajstić information content (AvgIpc) is 2.34. The number of carboxylic acids is 1. The number of carbonyl (C=O) groups is 1. The number of benzene rings is 1. The van der Waals surface area contributed by atoms with Crippen LogP contribution in [0.15, 0.2) is 16.9 Å². The molecule has 0 aliphatic rings. The van der Waals surface area contributed by atoms with Crippen LogP contribution in [0.3, 0.4) is 0 Å². The number of hydrogen-bond acceptors (Lipinski definition) is 3. The highest BCUT2D eigenvalue weighted by Crippen LogP contribution is 2.29. The van der Waals surface area contributed by atoms with Crippen molar-refractivity contribution in [1.29, 1.82) is 0 Å². The first-order valence-corrected chi connectivity index (χ1v) is 5.79. The highest BCUT2D eigenvalue weighted by Gasteiger charge is 2.20. The molecule has 0 spiro atoms. The second-order valence-electron chi connectivity index (χ2n) is 4.53. The van der Waals surface area contributed by atoms with Crippen molar-refractivity contribution in [1.82, 2.24) is 4.57 Å². The topological polar surface area (TPSA) is 68.5 Å². The lowest BCUT2D eigenvalue weighted by atomic mass is 10.0. The van der Waals surface area contributed by atoms with Crippen LogP contribution in [-0.4, -0.2) is 22.8 Å². The minimum absolute atomic E-state index is 0.192. The van der Waals surface area contributed by atoms with Crippen molar-refractivity contribution in [3.05, 3.63) is 39.2 Å². The summed E-state index contributed by atoms with van der Waals surface area (Å²) in [6.07, 6.45) is 0. The highest BCUT2D eigenvalue weighted by atomic mass is 16.5. The van der Waals surface area contributed by atoms with Crippen molar-refractivity contribution in [2.75, 3.05) is 7.11 Å². The molecule has 5 heteroatoms. The molecule has 0 saturated heterocycles. The third-order valence-electron chi connectivity index (χ3n) is 3.29. The number of pyridine rings is 1. The van der Waals surface area contributed by atoms with E-state index in [1.807, 2.05) is 19.1 Å². The van der Waals surface area contributed by atoms with Crippen molar-refractivity contribution in [2.45, 2.75) is 13.8 Å². The molecule has 0 unspecified atom stereocenters. The maximum Gasteiger partial charge on any atom is 0.341 e.